The van der Waals surface area contributed by atoms with Crippen molar-refractivity contribution in [3.63, 3.8) is 0 Å². The van der Waals surface area contributed by atoms with E-state index >= 15 is 0 Å². The van der Waals surface area contributed by atoms with Crippen molar-refractivity contribution in [3.8, 4) is 23.0 Å². The van der Waals surface area contributed by atoms with Crippen molar-refractivity contribution in [2.45, 2.75) is 33.1 Å². The molecule has 4 rings (SSSR count). The van der Waals surface area contributed by atoms with Crippen molar-refractivity contribution < 1.29 is 47.6 Å². The van der Waals surface area contributed by atoms with E-state index in [0.717, 1.165) is 21.3 Å². The van der Waals surface area contributed by atoms with Crippen LogP contribution in [-0.4, -0.2) is 50.0 Å². The molecule has 0 fully saturated rings. The average molecular weight is 705 g/mol. The molecule has 0 radical (unpaired) electrons. The monoisotopic (exact) mass is 704 g/mol. The Morgan fingerprint density at radius 1 is 0.571 bits per heavy atom. The summed E-state index contributed by atoms with van der Waals surface area (Å²) in [5, 5.41) is 0. The van der Waals surface area contributed by atoms with Crippen LogP contribution >= 0.6 is 20.5 Å². The van der Waals surface area contributed by atoms with Crippen molar-refractivity contribution in [2.75, 3.05) is 19.9 Å². The molecule has 0 saturated carbocycles. The molecular formula is C36H38BO10PS. The quantitative estimate of drug-likeness (QED) is 0.0461. The maximum absolute atomic E-state index is 12.0. The minimum atomic E-state index is -0.915. The molecule has 0 saturated heterocycles. The summed E-state index contributed by atoms with van der Waals surface area (Å²) in [6.45, 7) is 6.59. The van der Waals surface area contributed by atoms with E-state index in [9.17, 15) is 19.2 Å². The minimum absolute atomic E-state index is 0.101. The van der Waals surface area contributed by atoms with Gasteiger partial charge in [-0.3, -0.25) is 0 Å². The van der Waals surface area contributed by atoms with E-state index in [-0.39, 0.29) is 22.6 Å². The maximum atomic E-state index is 12.0. The van der Waals surface area contributed by atoms with Crippen LogP contribution in [0.5, 0.6) is 23.0 Å². The van der Waals surface area contributed by atoms with Gasteiger partial charge in [-0.05, 0) is 61.4 Å². The number of carbonyl (C=O) groups is 4. The number of carbonyl (C=O) groups excluding carboxylic acids is 4. The van der Waals surface area contributed by atoms with E-state index in [4.69, 9.17) is 28.4 Å². The second-order valence-electron chi connectivity index (χ2n) is 9.56. The molecule has 49 heavy (non-hydrogen) atoms. The number of hydrogen-bond acceptors (Lipinski definition) is 11. The van der Waals surface area contributed by atoms with Crippen LogP contribution in [0.1, 0.15) is 53.8 Å². The zero-order valence-corrected chi connectivity index (χ0v) is 29.3. The van der Waals surface area contributed by atoms with Crippen molar-refractivity contribution in [1.82, 2.24) is 0 Å². The summed E-state index contributed by atoms with van der Waals surface area (Å²) in [6.07, 6.45) is 0.594. The van der Waals surface area contributed by atoms with Gasteiger partial charge >= 0.3 is 57.3 Å². The molecule has 0 N–H and O–H groups in total. The van der Waals surface area contributed by atoms with E-state index in [0.29, 0.717) is 31.1 Å². The second-order valence-corrected chi connectivity index (χ2v) is 11.1. The summed E-state index contributed by atoms with van der Waals surface area (Å²) < 4.78 is 30.4. The summed E-state index contributed by atoms with van der Waals surface area (Å²) >= 11 is 4.44. The van der Waals surface area contributed by atoms with Gasteiger partial charge in [-0.2, -0.15) is 0 Å². The Kier molecular flexibility index (Phi) is 19.9. The van der Waals surface area contributed by atoms with Crippen molar-refractivity contribution >= 4 is 50.6 Å². The van der Waals surface area contributed by atoms with Gasteiger partial charge in [0.15, 0.2) is 0 Å². The molecule has 1 unspecified atom stereocenters. The first-order valence-electron chi connectivity index (χ1n) is 15.3. The molecule has 0 spiro atoms. The molecule has 0 bridgehead atoms. The van der Waals surface area contributed by atoms with Crippen LogP contribution in [0.2, 0.25) is 0 Å². The topological polar surface area (TPSA) is 124 Å². The molecule has 4 aromatic rings. The van der Waals surface area contributed by atoms with Gasteiger partial charge in [0.1, 0.15) is 34.1 Å². The van der Waals surface area contributed by atoms with Crippen LogP contribution in [0.25, 0.3) is 0 Å². The third kappa shape index (κ3) is 16.2. The fourth-order valence-electron chi connectivity index (χ4n) is 3.50. The first-order chi connectivity index (χ1) is 23.8. The molecule has 0 heterocycles. The Bertz CT molecular complexity index is 1610. The van der Waals surface area contributed by atoms with Crippen molar-refractivity contribution in [1.29, 1.82) is 0 Å². The molecule has 0 aliphatic rings. The fraction of sp³-hybridized carbons (Fsp3) is 0.222. The molecule has 10 nitrogen and oxygen atoms in total. The van der Waals surface area contributed by atoms with Gasteiger partial charge in [0.2, 0.25) is 0 Å². The number of esters is 2. The Labute approximate surface area is 293 Å². The zero-order chi connectivity index (χ0) is 35.7. The standard InChI is InChI=1S/C18H18O5.C17H16O5.CH4BPS/c1-2-3-13-21-17(19)15-11-7-8-12-16(15)23-18(20)22-14-9-5-4-6-10-14;1-2-12-20-16(18)14-10-6-7-11-15(14)22-17(19)21-13-8-4-3-5-9-13;1-3-2-4/h4-12H,2-3,13H2,1H3;3-11H,2,12H2,1H3;3H,1H3. The fourth-order valence-corrected chi connectivity index (χ4v) is 3.50. The first-order valence-corrected chi connectivity index (χ1v) is 17.4. The van der Waals surface area contributed by atoms with E-state index < -0.39 is 24.2 Å². The number of rotatable bonds is 12. The summed E-state index contributed by atoms with van der Waals surface area (Å²) in [6, 6.07) is 29.8. The van der Waals surface area contributed by atoms with Gasteiger partial charge in [0.05, 0.1) is 13.2 Å². The third-order valence-electron chi connectivity index (χ3n) is 5.78. The SMILES string of the molecule is CCCCOC(=O)c1ccccc1OC(=O)Oc1ccccc1.CCCOC(=O)c1ccccc1OC(=O)Oc1ccccc1.CPB=S. The Morgan fingerprint density at radius 2 is 0.959 bits per heavy atom. The van der Waals surface area contributed by atoms with Crippen molar-refractivity contribution in [2.24, 2.45) is 0 Å². The van der Waals surface area contributed by atoms with Gasteiger partial charge in [0.25, 0.3) is 0 Å². The summed E-state index contributed by atoms with van der Waals surface area (Å²) in [5.41, 5.74) is 0.370. The van der Waals surface area contributed by atoms with Crippen LogP contribution in [0, 0.1) is 0 Å². The molecule has 0 amide bonds. The normalized spacial score (nSPS) is 9.78. The van der Waals surface area contributed by atoms with Crippen LogP contribution in [-0.2, 0) is 9.47 Å². The Morgan fingerprint density at radius 3 is 1.35 bits per heavy atom. The summed E-state index contributed by atoms with van der Waals surface area (Å²) in [4.78, 5) is 47.5. The van der Waals surface area contributed by atoms with Crippen LogP contribution < -0.4 is 18.9 Å². The van der Waals surface area contributed by atoms with E-state index in [2.05, 4.69) is 12.1 Å². The van der Waals surface area contributed by atoms with E-state index in [1.54, 1.807) is 96.9 Å². The molecule has 0 aliphatic heterocycles. The van der Waals surface area contributed by atoms with Gasteiger partial charge < -0.3 is 28.4 Å². The summed E-state index contributed by atoms with van der Waals surface area (Å²) in [5.74, 6) is 1.60. The summed E-state index contributed by atoms with van der Waals surface area (Å²) in [7, 11) is 0.830. The molecule has 0 aromatic heterocycles. The zero-order valence-electron chi connectivity index (χ0n) is 27.5. The molecule has 0 aliphatic carbocycles. The third-order valence-corrected chi connectivity index (χ3v) is 6.72. The van der Waals surface area contributed by atoms with Gasteiger partial charge in [0, 0.05) is 0 Å². The molecular weight excluding hydrogens is 666 g/mol. The number of hydrogen-bond donors (Lipinski definition) is 0. The van der Waals surface area contributed by atoms with E-state index in [1.165, 1.54) is 18.2 Å². The number of unbranched alkanes of at least 4 members (excludes halogenated alkanes) is 1. The van der Waals surface area contributed by atoms with Gasteiger partial charge in [-0.25, -0.2) is 19.2 Å². The Hall–Kier alpha value is -4.93. The van der Waals surface area contributed by atoms with Gasteiger partial charge in [-0.1, -0.05) is 80.9 Å². The van der Waals surface area contributed by atoms with Crippen molar-refractivity contribution in [3.05, 3.63) is 120 Å². The van der Waals surface area contributed by atoms with Gasteiger partial charge in [-0.15, -0.1) is 0 Å². The first kappa shape index (κ1) is 40.3. The molecule has 4 aromatic carbocycles. The van der Waals surface area contributed by atoms with Crippen LogP contribution in [0.3, 0.4) is 0 Å². The number of para-hydroxylation sites is 4. The second kappa shape index (κ2) is 24.3. The molecule has 1 atom stereocenters. The van der Waals surface area contributed by atoms with Crippen LogP contribution in [0.4, 0.5) is 9.59 Å². The van der Waals surface area contributed by atoms with Crippen LogP contribution in [0.15, 0.2) is 109 Å². The number of ether oxygens (including phenoxy) is 6. The predicted octanol–water partition coefficient (Wildman–Crippen LogP) is 9.08. The van der Waals surface area contributed by atoms with E-state index in [1.807, 2.05) is 20.5 Å². The average Bonchev–Trinajstić information content (AvgIpc) is 3.12. The predicted molar refractivity (Wildman–Crippen MR) is 192 cm³/mol. The number of benzene rings is 4. The Balaban J connectivity index is 0.000000307. The molecule has 256 valence electrons. The molecule has 13 heteroatoms.